The minimum absolute atomic E-state index is 0.379. The van der Waals surface area contributed by atoms with Crippen LogP contribution in [0.15, 0.2) is 46.9 Å². The summed E-state index contributed by atoms with van der Waals surface area (Å²) in [6.07, 6.45) is 1.09. The van der Waals surface area contributed by atoms with Crippen LogP contribution in [0.3, 0.4) is 0 Å². The molecule has 2 atom stereocenters. The molecule has 21 heavy (non-hydrogen) atoms. The lowest BCUT2D eigenvalue weighted by atomic mass is 9.77. The van der Waals surface area contributed by atoms with Crippen molar-refractivity contribution in [2.75, 3.05) is 13.1 Å². The topological polar surface area (TPSA) is 12.0 Å². The van der Waals surface area contributed by atoms with E-state index in [2.05, 4.69) is 45.5 Å². The van der Waals surface area contributed by atoms with Gasteiger partial charge in [0.05, 0.1) is 5.02 Å². The van der Waals surface area contributed by atoms with Gasteiger partial charge in [-0.15, -0.1) is 0 Å². The van der Waals surface area contributed by atoms with E-state index in [1.807, 2.05) is 18.2 Å². The fourth-order valence-corrected chi connectivity index (χ4v) is 3.81. The number of nitrogens with one attached hydrogen (secondary N) is 1. The zero-order valence-corrected chi connectivity index (χ0v) is 14.5. The molecule has 4 heteroatoms. The van der Waals surface area contributed by atoms with E-state index in [-0.39, 0.29) is 0 Å². The summed E-state index contributed by atoms with van der Waals surface area (Å²) in [5, 5.41) is 5.10. The SMILES string of the molecule is Clc1cc(C2CCNCC2c2ccccc2Cl)ccc1Br. The second-order valence-electron chi connectivity index (χ2n) is 5.40. The number of rotatable bonds is 2. The predicted molar refractivity (Wildman–Crippen MR) is 93.6 cm³/mol. The van der Waals surface area contributed by atoms with Crippen molar-refractivity contribution in [3.05, 3.63) is 68.1 Å². The highest BCUT2D eigenvalue weighted by Crippen LogP contribution is 2.41. The smallest absolute Gasteiger partial charge is 0.0550 e. The molecular weight excluding hydrogens is 369 g/mol. The molecule has 2 aromatic carbocycles. The van der Waals surface area contributed by atoms with Crippen LogP contribution in [-0.4, -0.2) is 13.1 Å². The van der Waals surface area contributed by atoms with E-state index >= 15 is 0 Å². The molecule has 1 fully saturated rings. The summed E-state index contributed by atoms with van der Waals surface area (Å²) >= 11 is 16.1. The van der Waals surface area contributed by atoms with Crippen LogP contribution in [0, 0.1) is 0 Å². The maximum Gasteiger partial charge on any atom is 0.0550 e. The first-order chi connectivity index (χ1) is 10.2. The van der Waals surface area contributed by atoms with Crippen molar-refractivity contribution in [2.24, 2.45) is 0 Å². The molecule has 0 aliphatic carbocycles. The van der Waals surface area contributed by atoms with E-state index in [4.69, 9.17) is 23.2 Å². The van der Waals surface area contributed by atoms with Crippen LogP contribution in [0.25, 0.3) is 0 Å². The van der Waals surface area contributed by atoms with E-state index in [0.717, 1.165) is 34.0 Å². The van der Waals surface area contributed by atoms with Gasteiger partial charge in [-0.05, 0) is 64.1 Å². The van der Waals surface area contributed by atoms with Crippen LogP contribution < -0.4 is 5.32 Å². The number of piperidine rings is 1. The van der Waals surface area contributed by atoms with Crippen LogP contribution in [0.1, 0.15) is 29.4 Å². The number of hydrogen-bond acceptors (Lipinski definition) is 1. The highest BCUT2D eigenvalue weighted by molar-refractivity contribution is 9.10. The van der Waals surface area contributed by atoms with Gasteiger partial charge >= 0.3 is 0 Å². The zero-order valence-electron chi connectivity index (χ0n) is 11.5. The molecule has 1 aliphatic heterocycles. The highest BCUT2D eigenvalue weighted by Gasteiger charge is 2.29. The maximum atomic E-state index is 6.41. The van der Waals surface area contributed by atoms with Crippen LogP contribution in [0.4, 0.5) is 0 Å². The Morgan fingerprint density at radius 1 is 1.00 bits per heavy atom. The summed E-state index contributed by atoms with van der Waals surface area (Å²) in [6.45, 7) is 1.97. The summed E-state index contributed by atoms with van der Waals surface area (Å²) < 4.78 is 0.941. The molecule has 2 unspecified atom stereocenters. The van der Waals surface area contributed by atoms with Crippen molar-refractivity contribution in [1.82, 2.24) is 5.32 Å². The molecule has 1 saturated heterocycles. The molecule has 0 aromatic heterocycles. The Morgan fingerprint density at radius 3 is 2.57 bits per heavy atom. The van der Waals surface area contributed by atoms with Crippen molar-refractivity contribution in [3.63, 3.8) is 0 Å². The number of hydrogen-bond donors (Lipinski definition) is 1. The average Bonchev–Trinajstić information content (AvgIpc) is 2.51. The molecule has 2 aromatic rings. The fourth-order valence-electron chi connectivity index (χ4n) is 3.10. The van der Waals surface area contributed by atoms with E-state index < -0.39 is 0 Å². The second-order valence-corrected chi connectivity index (χ2v) is 7.07. The van der Waals surface area contributed by atoms with Gasteiger partial charge in [0.15, 0.2) is 0 Å². The van der Waals surface area contributed by atoms with E-state index in [1.54, 1.807) is 0 Å². The third kappa shape index (κ3) is 3.29. The molecule has 1 nitrogen and oxygen atoms in total. The molecule has 1 aliphatic rings. The molecule has 1 heterocycles. The first kappa shape index (κ1) is 15.4. The monoisotopic (exact) mass is 383 g/mol. The Kier molecular flexibility index (Phi) is 4.90. The minimum atomic E-state index is 0.379. The lowest BCUT2D eigenvalue weighted by Gasteiger charge is -2.33. The first-order valence-electron chi connectivity index (χ1n) is 7.07. The van der Waals surface area contributed by atoms with Gasteiger partial charge in [-0.25, -0.2) is 0 Å². The maximum absolute atomic E-state index is 6.41. The van der Waals surface area contributed by atoms with E-state index in [1.165, 1.54) is 11.1 Å². The van der Waals surface area contributed by atoms with Crippen LogP contribution >= 0.6 is 39.1 Å². The largest absolute Gasteiger partial charge is 0.316 e. The normalized spacial score (nSPS) is 22.2. The molecule has 0 saturated carbocycles. The predicted octanol–water partition coefficient (Wildman–Crippen LogP) is 5.62. The van der Waals surface area contributed by atoms with Crippen LogP contribution in [0.2, 0.25) is 10.0 Å². The standard InChI is InChI=1S/C17H16BrCl2N/c18-15-6-5-11(9-17(15)20)12-7-8-21-10-14(12)13-3-1-2-4-16(13)19/h1-6,9,12,14,21H,7-8,10H2. The third-order valence-corrected chi connectivity index (χ3v) is 5.74. The highest BCUT2D eigenvalue weighted by atomic mass is 79.9. The summed E-state index contributed by atoms with van der Waals surface area (Å²) in [5.41, 5.74) is 2.50. The second kappa shape index (κ2) is 6.70. The van der Waals surface area contributed by atoms with Crippen LogP contribution in [-0.2, 0) is 0 Å². The van der Waals surface area contributed by atoms with Crippen molar-refractivity contribution in [3.8, 4) is 0 Å². The molecule has 0 bridgehead atoms. The Bertz CT molecular complexity index is 644. The molecule has 1 N–H and O–H groups in total. The quantitative estimate of drug-likeness (QED) is 0.708. The summed E-state index contributed by atoms with van der Waals surface area (Å²) in [4.78, 5) is 0. The van der Waals surface area contributed by atoms with Gasteiger partial charge in [-0.3, -0.25) is 0 Å². The summed E-state index contributed by atoms with van der Waals surface area (Å²) in [5.74, 6) is 0.821. The molecule has 110 valence electrons. The molecule has 0 spiro atoms. The summed E-state index contributed by atoms with van der Waals surface area (Å²) in [6, 6.07) is 14.4. The van der Waals surface area contributed by atoms with Crippen LogP contribution in [0.5, 0.6) is 0 Å². The van der Waals surface area contributed by atoms with Crippen molar-refractivity contribution >= 4 is 39.1 Å². The third-order valence-electron chi connectivity index (χ3n) is 4.16. The average molecular weight is 385 g/mol. The van der Waals surface area contributed by atoms with Gasteiger partial charge in [-0.1, -0.05) is 47.5 Å². The Hall–Kier alpha value is -0.540. The summed E-state index contributed by atoms with van der Waals surface area (Å²) in [7, 11) is 0. The zero-order chi connectivity index (χ0) is 14.8. The van der Waals surface area contributed by atoms with E-state index in [9.17, 15) is 0 Å². The van der Waals surface area contributed by atoms with Crippen molar-refractivity contribution in [2.45, 2.75) is 18.3 Å². The number of halogens is 3. The van der Waals surface area contributed by atoms with Gasteiger partial charge in [0.1, 0.15) is 0 Å². The first-order valence-corrected chi connectivity index (χ1v) is 8.62. The molecule has 0 amide bonds. The lowest BCUT2D eigenvalue weighted by molar-refractivity contribution is 0.404. The van der Waals surface area contributed by atoms with Gasteiger partial charge in [-0.2, -0.15) is 0 Å². The molecule has 0 radical (unpaired) electrons. The van der Waals surface area contributed by atoms with E-state index in [0.29, 0.717) is 11.8 Å². The van der Waals surface area contributed by atoms with Gasteiger partial charge in [0, 0.05) is 22.0 Å². The van der Waals surface area contributed by atoms with Gasteiger partial charge in [0.2, 0.25) is 0 Å². The lowest BCUT2D eigenvalue weighted by Crippen LogP contribution is -2.34. The Morgan fingerprint density at radius 2 is 1.81 bits per heavy atom. The Labute approximate surface area is 143 Å². The fraction of sp³-hybridized carbons (Fsp3) is 0.294. The van der Waals surface area contributed by atoms with Gasteiger partial charge < -0.3 is 5.32 Å². The van der Waals surface area contributed by atoms with Crippen molar-refractivity contribution in [1.29, 1.82) is 0 Å². The Balaban J connectivity index is 1.98. The van der Waals surface area contributed by atoms with Gasteiger partial charge in [0.25, 0.3) is 0 Å². The number of benzene rings is 2. The minimum Gasteiger partial charge on any atom is -0.316 e. The molecule has 3 rings (SSSR count). The van der Waals surface area contributed by atoms with Crippen molar-refractivity contribution < 1.29 is 0 Å². The molecular formula is C17H16BrCl2N.